The summed E-state index contributed by atoms with van der Waals surface area (Å²) >= 11 is 0. The van der Waals surface area contributed by atoms with E-state index in [9.17, 15) is 4.79 Å². The molecule has 1 aromatic carbocycles. The molecule has 134 valence electrons. The summed E-state index contributed by atoms with van der Waals surface area (Å²) in [6, 6.07) is 9.51. The number of para-hydroxylation sites is 2. The summed E-state index contributed by atoms with van der Waals surface area (Å²) in [4.78, 5) is 16.9. The van der Waals surface area contributed by atoms with E-state index in [1.807, 2.05) is 25.1 Å². The maximum Gasteiger partial charge on any atom is 0.242 e. The summed E-state index contributed by atoms with van der Waals surface area (Å²) in [5, 5.41) is 6.61. The summed E-state index contributed by atoms with van der Waals surface area (Å²) in [6.45, 7) is 7.03. The molecule has 0 radical (unpaired) electrons. The van der Waals surface area contributed by atoms with Gasteiger partial charge in [-0.1, -0.05) is 17.3 Å². The fourth-order valence-corrected chi connectivity index (χ4v) is 3.06. The van der Waals surface area contributed by atoms with Crippen LogP contribution in [0.2, 0.25) is 0 Å². The first-order chi connectivity index (χ1) is 12.1. The molecule has 1 aliphatic heterocycles. The number of hydrogen-bond acceptors (Lipinski definition) is 6. The lowest BCUT2D eigenvalue weighted by Crippen LogP contribution is -2.52. The Hall–Kier alpha value is -2.54. The van der Waals surface area contributed by atoms with Gasteiger partial charge in [-0.2, -0.15) is 0 Å². The van der Waals surface area contributed by atoms with Gasteiger partial charge in [-0.05, 0) is 26.0 Å². The molecule has 1 aliphatic rings. The number of anilines is 2. The van der Waals surface area contributed by atoms with Gasteiger partial charge in [-0.15, -0.1) is 0 Å². The van der Waals surface area contributed by atoms with Crippen molar-refractivity contribution < 1.29 is 14.1 Å². The van der Waals surface area contributed by atoms with Crippen LogP contribution in [0.3, 0.4) is 0 Å². The zero-order valence-corrected chi connectivity index (χ0v) is 14.9. The maximum atomic E-state index is 12.4. The van der Waals surface area contributed by atoms with Crippen molar-refractivity contribution in [2.24, 2.45) is 0 Å². The molecule has 1 fully saturated rings. The van der Waals surface area contributed by atoms with Gasteiger partial charge in [0.2, 0.25) is 5.91 Å². The number of carbonyl (C=O) groups excluding carboxylic acids is 1. The minimum Gasteiger partial charge on any atom is -0.495 e. The summed E-state index contributed by atoms with van der Waals surface area (Å²) < 4.78 is 10.4. The molecule has 1 aromatic heterocycles. The number of nitrogens with one attached hydrogen (secondary N) is 1. The molecule has 0 aliphatic carbocycles. The molecule has 7 heteroatoms. The summed E-state index contributed by atoms with van der Waals surface area (Å²) in [6.07, 6.45) is 0. The molecule has 3 rings (SSSR count). The molecule has 1 N–H and O–H groups in total. The van der Waals surface area contributed by atoms with Crippen LogP contribution in [0, 0.1) is 6.92 Å². The van der Waals surface area contributed by atoms with Gasteiger partial charge in [0.1, 0.15) is 11.5 Å². The Morgan fingerprint density at radius 1 is 1.28 bits per heavy atom. The van der Waals surface area contributed by atoms with E-state index in [0.717, 1.165) is 37.6 Å². The van der Waals surface area contributed by atoms with Crippen LogP contribution in [0.1, 0.15) is 12.7 Å². The zero-order chi connectivity index (χ0) is 17.8. The Balaban J connectivity index is 1.57. The van der Waals surface area contributed by atoms with Gasteiger partial charge in [0.05, 0.1) is 18.8 Å². The van der Waals surface area contributed by atoms with E-state index < -0.39 is 0 Å². The highest BCUT2D eigenvalue weighted by Crippen LogP contribution is 2.28. The lowest BCUT2D eigenvalue weighted by molar-refractivity contribution is -0.120. The molecule has 0 saturated carbocycles. The Labute approximate surface area is 147 Å². The van der Waals surface area contributed by atoms with Crippen molar-refractivity contribution >= 4 is 17.4 Å². The number of nitrogens with zero attached hydrogens (tertiary/aromatic N) is 3. The van der Waals surface area contributed by atoms with Gasteiger partial charge >= 0.3 is 0 Å². The minimum atomic E-state index is -0.225. The molecule has 25 heavy (non-hydrogen) atoms. The maximum absolute atomic E-state index is 12.4. The lowest BCUT2D eigenvalue weighted by atomic mass is 10.2. The molecule has 2 heterocycles. The molecular formula is C18H24N4O3. The monoisotopic (exact) mass is 344 g/mol. The normalized spacial score (nSPS) is 16.5. The van der Waals surface area contributed by atoms with E-state index in [1.165, 1.54) is 0 Å². The average Bonchev–Trinajstić information content (AvgIpc) is 3.06. The number of methoxy groups -OCH3 is 1. The van der Waals surface area contributed by atoms with Gasteiger partial charge in [-0.25, -0.2) is 0 Å². The van der Waals surface area contributed by atoms with E-state index >= 15 is 0 Å². The standard InChI is InChI=1S/C18H24N4O3/c1-13-12-17(20-25-13)19-18(23)14(2)21-8-10-22(11-9-21)15-6-4-5-7-16(15)24-3/h4-7,12,14H,8-11H2,1-3H3,(H,19,20,23)/t14-/m1/s1. The highest BCUT2D eigenvalue weighted by atomic mass is 16.5. The SMILES string of the molecule is COc1ccccc1N1CCN([C@H](C)C(=O)Nc2cc(C)on2)CC1. The third kappa shape index (κ3) is 3.93. The molecule has 0 bridgehead atoms. The minimum absolute atomic E-state index is 0.0703. The Morgan fingerprint density at radius 3 is 2.64 bits per heavy atom. The molecule has 1 atom stereocenters. The predicted molar refractivity (Wildman–Crippen MR) is 96.1 cm³/mol. The fraction of sp³-hybridized carbons (Fsp3) is 0.444. The smallest absolute Gasteiger partial charge is 0.242 e. The van der Waals surface area contributed by atoms with E-state index in [4.69, 9.17) is 9.26 Å². The molecular weight excluding hydrogens is 320 g/mol. The number of hydrogen-bond donors (Lipinski definition) is 1. The highest BCUT2D eigenvalue weighted by Gasteiger charge is 2.27. The highest BCUT2D eigenvalue weighted by molar-refractivity contribution is 5.93. The topological polar surface area (TPSA) is 70.8 Å². The number of piperazine rings is 1. The van der Waals surface area contributed by atoms with Crippen molar-refractivity contribution in [2.45, 2.75) is 19.9 Å². The number of aromatic nitrogens is 1. The number of rotatable bonds is 5. The predicted octanol–water partition coefficient (Wildman–Crippen LogP) is 2.14. The van der Waals surface area contributed by atoms with E-state index in [-0.39, 0.29) is 11.9 Å². The third-order valence-corrected chi connectivity index (χ3v) is 4.55. The summed E-state index contributed by atoms with van der Waals surface area (Å²) in [5.74, 6) is 1.94. The van der Waals surface area contributed by atoms with Gasteiger partial charge < -0.3 is 19.5 Å². The number of ether oxygens (including phenoxy) is 1. The Morgan fingerprint density at radius 2 is 2.00 bits per heavy atom. The second-order valence-electron chi connectivity index (χ2n) is 6.18. The number of amides is 1. The van der Waals surface area contributed by atoms with Crippen LogP contribution >= 0.6 is 0 Å². The molecule has 7 nitrogen and oxygen atoms in total. The largest absolute Gasteiger partial charge is 0.495 e. The molecule has 0 spiro atoms. The summed E-state index contributed by atoms with van der Waals surface area (Å²) in [5.41, 5.74) is 1.10. The van der Waals surface area contributed by atoms with Crippen LogP contribution in [-0.2, 0) is 4.79 Å². The van der Waals surface area contributed by atoms with Gasteiger partial charge in [0, 0.05) is 32.2 Å². The van der Waals surface area contributed by atoms with Gasteiger partial charge in [-0.3, -0.25) is 9.69 Å². The van der Waals surface area contributed by atoms with Crippen LogP contribution in [-0.4, -0.2) is 55.3 Å². The van der Waals surface area contributed by atoms with E-state index in [0.29, 0.717) is 11.6 Å². The van der Waals surface area contributed by atoms with Crippen LogP contribution < -0.4 is 15.0 Å². The van der Waals surface area contributed by atoms with Crippen molar-refractivity contribution in [3.63, 3.8) is 0 Å². The zero-order valence-electron chi connectivity index (χ0n) is 14.9. The molecule has 0 unspecified atom stereocenters. The third-order valence-electron chi connectivity index (χ3n) is 4.55. The molecule has 1 saturated heterocycles. The Bertz CT molecular complexity index is 723. The lowest BCUT2D eigenvalue weighted by Gasteiger charge is -2.38. The second-order valence-corrected chi connectivity index (χ2v) is 6.18. The summed E-state index contributed by atoms with van der Waals surface area (Å²) in [7, 11) is 1.69. The first-order valence-electron chi connectivity index (χ1n) is 8.44. The Kier molecular flexibility index (Phi) is 5.23. The van der Waals surface area contributed by atoms with Crippen molar-refractivity contribution in [1.29, 1.82) is 0 Å². The van der Waals surface area contributed by atoms with Crippen molar-refractivity contribution in [3.05, 3.63) is 36.1 Å². The molecule has 2 aromatic rings. The van der Waals surface area contributed by atoms with Crippen molar-refractivity contribution in [1.82, 2.24) is 10.1 Å². The van der Waals surface area contributed by atoms with Crippen LogP contribution in [0.4, 0.5) is 11.5 Å². The van der Waals surface area contributed by atoms with E-state index in [2.05, 4.69) is 26.3 Å². The van der Waals surface area contributed by atoms with Gasteiger partial charge in [0.25, 0.3) is 0 Å². The number of aryl methyl sites for hydroxylation is 1. The number of carbonyl (C=O) groups is 1. The first-order valence-corrected chi connectivity index (χ1v) is 8.44. The quantitative estimate of drug-likeness (QED) is 0.896. The fourth-order valence-electron chi connectivity index (χ4n) is 3.06. The van der Waals surface area contributed by atoms with Crippen molar-refractivity contribution in [2.75, 3.05) is 43.5 Å². The first kappa shape index (κ1) is 17.3. The second kappa shape index (κ2) is 7.57. The van der Waals surface area contributed by atoms with Gasteiger partial charge in [0.15, 0.2) is 5.82 Å². The molecule has 1 amide bonds. The van der Waals surface area contributed by atoms with E-state index in [1.54, 1.807) is 20.1 Å². The van der Waals surface area contributed by atoms with Crippen LogP contribution in [0.5, 0.6) is 5.75 Å². The van der Waals surface area contributed by atoms with Crippen LogP contribution in [0.25, 0.3) is 0 Å². The van der Waals surface area contributed by atoms with Crippen molar-refractivity contribution in [3.8, 4) is 5.75 Å². The number of benzene rings is 1. The van der Waals surface area contributed by atoms with Crippen LogP contribution in [0.15, 0.2) is 34.9 Å². The average molecular weight is 344 g/mol.